The van der Waals surface area contributed by atoms with Crippen LogP contribution < -0.4 is 4.72 Å². The molecule has 4 nitrogen and oxygen atoms in total. The highest BCUT2D eigenvalue weighted by Crippen LogP contribution is 2.29. The predicted octanol–water partition coefficient (Wildman–Crippen LogP) is 3.61. The zero-order valence-electron chi connectivity index (χ0n) is 12.0. The molecule has 118 valence electrons. The Morgan fingerprint density at radius 3 is 2.71 bits per heavy atom. The van der Waals surface area contributed by atoms with Gasteiger partial charge in [0.05, 0.1) is 11.0 Å². The standard InChI is InChI=1S/C14H19Br2NO3S/c1-3-13-10(4-5-20-13)8-17-21(18,19)14-7-11(15)9(2)6-12(14)16/h6-7,10,13,17H,3-5,8H2,1-2H3. The van der Waals surface area contributed by atoms with Crippen LogP contribution >= 0.6 is 31.9 Å². The van der Waals surface area contributed by atoms with Crippen LogP contribution in [0.2, 0.25) is 0 Å². The van der Waals surface area contributed by atoms with Crippen LogP contribution in [0.3, 0.4) is 0 Å². The number of hydrogen-bond acceptors (Lipinski definition) is 3. The fourth-order valence-electron chi connectivity index (χ4n) is 2.51. The summed E-state index contributed by atoms with van der Waals surface area (Å²) in [4.78, 5) is 0.256. The van der Waals surface area contributed by atoms with E-state index < -0.39 is 10.0 Å². The van der Waals surface area contributed by atoms with Gasteiger partial charge in [0, 0.05) is 28.0 Å². The molecular weight excluding hydrogens is 422 g/mol. The Balaban J connectivity index is 2.14. The molecular formula is C14H19Br2NO3S. The maximum Gasteiger partial charge on any atom is 0.241 e. The minimum atomic E-state index is -3.53. The summed E-state index contributed by atoms with van der Waals surface area (Å²) in [5, 5.41) is 0. The summed E-state index contributed by atoms with van der Waals surface area (Å²) in [7, 11) is -3.53. The molecule has 0 aromatic heterocycles. The molecule has 0 bridgehead atoms. The molecule has 1 heterocycles. The summed E-state index contributed by atoms with van der Waals surface area (Å²) in [5.74, 6) is 0.248. The Morgan fingerprint density at radius 2 is 2.05 bits per heavy atom. The Kier molecular flexibility index (Phi) is 5.87. The Hall–Kier alpha value is 0.0500. The maximum absolute atomic E-state index is 12.5. The van der Waals surface area contributed by atoms with Crippen LogP contribution in [0.1, 0.15) is 25.3 Å². The minimum Gasteiger partial charge on any atom is -0.378 e. The second-order valence-corrected chi connectivity index (χ2v) is 8.69. The van der Waals surface area contributed by atoms with Gasteiger partial charge in [-0.25, -0.2) is 13.1 Å². The molecule has 0 amide bonds. The van der Waals surface area contributed by atoms with E-state index >= 15 is 0 Å². The van der Waals surface area contributed by atoms with E-state index in [9.17, 15) is 8.42 Å². The zero-order valence-corrected chi connectivity index (χ0v) is 16.0. The van der Waals surface area contributed by atoms with Gasteiger partial charge in [0.1, 0.15) is 0 Å². The number of benzene rings is 1. The fourth-order valence-corrected chi connectivity index (χ4v) is 5.28. The van der Waals surface area contributed by atoms with Crippen molar-refractivity contribution in [1.82, 2.24) is 4.72 Å². The van der Waals surface area contributed by atoms with Crippen LogP contribution in [0.15, 0.2) is 26.0 Å². The van der Waals surface area contributed by atoms with Crippen LogP contribution in [-0.2, 0) is 14.8 Å². The van der Waals surface area contributed by atoms with Crippen molar-refractivity contribution in [3.05, 3.63) is 26.6 Å². The molecule has 21 heavy (non-hydrogen) atoms. The Bertz CT molecular complexity index is 619. The van der Waals surface area contributed by atoms with Crippen LogP contribution in [-0.4, -0.2) is 27.7 Å². The lowest BCUT2D eigenvalue weighted by Gasteiger charge is -2.18. The molecule has 7 heteroatoms. The average molecular weight is 441 g/mol. The lowest BCUT2D eigenvalue weighted by molar-refractivity contribution is 0.0884. The number of rotatable bonds is 5. The summed E-state index contributed by atoms with van der Waals surface area (Å²) in [6.07, 6.45) is 1.97. The molecule has 2 rings (SSSR count). The van der Waals surface area contributed by atoms with Crippen LogP contribution in [0, 0.1) is 12.8 Å². The first-order valence-electron chi connectivity index (χ1n) is 6.92. The van der Waals surface area contributed by atoms with E-state index in [1.807, 2.05) is 6.92 Å². The van der Waals surface area contributed by atoms with Crippen molar-refractivity contribution in [1.29, 1.82) is 0 Å². The van der Waals surface area contributed by atoms with Gasteiger partial charge in [-0.3, -0.25) is 0 Å². The third-order valence-electron chi connectivity index (χ3n) is 3.79. The average Bonchev–Trinajstić information content (AvgIpc) is 2.88. The van der Waals surface area contributed by atoms with E-state index in [0.29, 0.717) is 17.6 Å². The highest BCUT2D eigenvalue weighted by molar-refractivity contribution is 9.11. The highest BCUT2D eigenvalue weighted by atomic mass is 79.9. The maximum atomic E-state index is 12.5. The van der Waals surface area contributed by atoms with Crippen molar-refractivity contribution < 1.29 is 13.2 Å². The van der Waals surface area contributed by atoms with Crippen LogP contribution in [0.4, 0.5) is 0 Å². The molecule has 1 aromatic carbocycles. The summed E-state index contributed by atoms with van der Waals surface area (Å²) >= 11 is 6.71. The molecule has 2 atom stereocenters. The quantitative estimate of drug-likeness (QED) is 0.760. The van der Waals surface area contributed by atoms with E-state index in [1.54, 1.807) is 12.1 Å². The van der Waals surface area contributed by atoms with Gasteiger partial charge in [0.25, 0.3) is 0 Å². The number of hydrogen-bond donors (Lipinski definition) is 1. The predicted molar refractivity (Wildman–Crippen MR) is 89.9 cm³/mol. The number of ether oxygens (including phenoxy) is 1. The summed E-state index contributed by atoms with van der Waals surface area (Å²) in [6, 6.07) is 3.43. The van der Waals surface area contributed by atoms with E-state index in [2.05, 4.69) is 43.5 Å². The van der Waals surface area contributed by atoms with Gasteiger partial charge >= 0.3 is 0 Å². The van der Waals surface area contributed by atoms with E-state index in [0.717, 1.165) is 22.9 Å². The number of sulfonamides is 1. The summed E-state index contributed by atoms with van der Waals surface area (Å²) in [5.41, 5.74) is 0.982. The van der Waals surface area contributed by atoms with Crippen molar-refractivity contribution >= 4 is 41.9 Å². The number of aryl methyl sites for hydroxylation is 1. The van der Waals surface area contributed by atoms with Gasteiger partial charge in [0.15, 0.2) is 0 Å². The van der Waals surface area contributed by atoms with Crippen LogP contribution in [0.5, 0.6) is 0 Å². The van der Waals surface area contributed by atoms with Gasteiger partial charge in [-0.1, -0.05) is 22.9 Å². The minimum absolute atomic E-state index is 0.154. The monoisotopic (exact) mass is 439 g/mol. The molecule has 1 saturated heterocycles. The van der Waals surface area contributed by atoms with Gasteiger partial charge in [0.2, 0.25) is 10.0 Å². The third-order valence-corrected chi connectivity index (χ3v) is 7.02. The molecule has 0 radical (unpaired) electrons. The number of halogens is 2. The largest absolute Gasteiger partial charge is 0.378 e. The van der Waals surface area contributed by atoms with E-state index in [-0.39, 0.29) is 16.9 Å². The molecule has 1 fully saturated rings. The zero-order chi connectivity index (χ0) is 15.6. The summed E-state index contributed by atoms with van der Waals surface area (Å²) in [6.45, 7) is 5.11. The van der Waals surface area contributed by atoms with Crippen LogP contribution in [0.25, 0.3) is 0 Å². The van der Waals surface area contributed by atoms with Gasteiger partial charge in [-0.15, -0.1) is 0 Å². The molecule has 1 aromatic rings. The fraction of sp³-hybridized carbons (Fsp3) is 0.571. The highest BCUT2D eigenvalue weighted by Gasteiger charge is 2.28. The van der Waals surface area contributed by atoms with Crippen molar-refractivity contribution in [3.8, 4) is 0 Å². The lowest BCUT2D eigenvalue weighted by atomic mass is 10.0. The second kappa shape index (κ2) is 7.08. The first-order chi connectivity index (χ1) is 9.85. The van der Waals surface area contributed by atoms with Gasteiger partial charge in [-0.2, -0.15) is 0 Å². The van der Waals surface area contributed by atoms with Crippen molar-refractivity contribution in [2.75, 3.05) is 13.2 Å². The summed E-state index contributed by atoms with van der Waals surface area (Å²) < 4.78 is 34.6. The Morgan fingerprint density at radius 1 is 1.33 bits per heavy atom. The molecule has 1 aliphatic rings. The lowest BCUT2D eigenvalue weighted by Crippen LogP contribution is -2.33. The Labute approximate surface area is 143 Å². The smallest absolute Gasteiger partial charge is 0.241 e. The number of nitrogens with one attached hydrogen (secondary N) is 1. The second-order valence-electron chi connectivity index (χ2n) is 5.25. The van der Waals surface area contributed by atoms with Gasteiger partial charge < -0.3 is 4.74 Å². The van der Waals surface area contributed by atoms with E-state index in [1.165, 1.54) is 0 Å². The molecule has 0 spiro atoms. The SMILES string of the molecule is CCC1OCCC1CNS(=O)(=O)c1cc(Br)c(C)cc1Br. The third kappa shape index (κ3) is 4.07. The van der Waals surface area contributed by atoms with Gasteiger partial charge in [-0.05, 0) is 53.4 Å². The molecule has 0 saturated carbocycles. The van der Waals surface area contributed by atoms with Crippen molar-refractivity contribution in [2.24, 2.45) is 5.92 Å². The molecule has 0 aliphatic carbocycles. The molecule has 1 N–H and O–H groups in total. The van der Waals surface area contributed by atoms with Crippen molar-refractivity contribution in [3.63, 3.8) is 0 Å². The first kappa shape index (κ1) is 17.4. The first-order valence-corrected chi connectivity index (χ1v) is 9.99. The molecule has 2 unspecified atom stereocenters. The molecule has 1 aliphatic heterocycles. The van der Waals surface area contributed by atoms with Crippen molar-refractivity contribution in [2.45, 2.75) is 37.7 Å². The topological polar surface area (TPSA) is 55.4 Å². The normalized spacial score (nSPS) is 22.7. The van der Waals surface area contributed by atoms with E-state index in [4.69, 9.17) is 4.74 Å².